The maximum atomic E-state index is 12.5. The van der Waals surface area contributed by atoms with Crippen molar-refractivity contribution >= 4 is 12.1 Å². The molecule has 0 aromatic carbocycles. The zero-order valence-corrected chi connectivity index (χ0v) is 14.5. The number of esters is 1. The Morgan fingerprint density at radius 3 is 2.50 bits per heavy atom. The lowest BCUT2D eigenvalue weighted by Crippen LogP contribution is -2.44. The van der Waals surface area contributed by atoms with E-state index in [2.05, 4.69) is 13.5 Å². The molecule has 0 aromatic heterocycles. The molecule has 1 fully saturated rings. The maximum Gasteiger partial charge on any atom is 0.411 e. The van der Waals surface area contributed by atoms with Gasteiger partial charge < -0.3 is 9.47 Å². The first-order valence-corrected chi connectivity index (χ1v) is 7.86. The van der Waals surface area contributed by atoms with E-state index in [9.17, 15) is 9.59 Å². The zero-order valence-electron chi connectivity index (χ0n) is 14.5. The fourth-order valence-electron chi connectivity index (χ4n) is 3.18. The van der Waals surface area contributed by atoms with Crippen LogP contribution in [0.25, 0.3) is 0 Å². The molecule has 1 aliphatic rings. The van der Waals surface area contributed by atoms with Gasteiger partial charge in [0.25, 0.3) is 0 Å². The van der Waals surface area contributed by atoms with Crippen molar-refractivity contribution in [1.82, 2.24) is 4.90 Å². The molecule has 1 saturated heterocycles. The smallest absolute Gasteiger partial charge is 0.411 e. The molecule has 0 aromatic rings. The summed E-state index contributed by atoms with van der Waals surface area (Å²) >= 11 is 0. The highest BCUT2D eigenvalue weighted by Crippen LogP contribution is 2.43. The zero-order chi connectivity index (χ0) is 17.0. The van der Waals surface area contributed by atoms with E-state index in [-0.39, 0.29) is 11.4 Å². The van der Waals surface area contributed by atoms with Gasteiger partial charge >= 0.3 is 12.1 Å². The van der Waals surface area contributed by atoms with Gasteiger partial charge in [-0.05, 0) is 45.4 Å². The Hall–Kier alpha value is -1.52. The maximum absolute atomic E-state index is 12.5. The summed E-state index contributed by atoms with van der Waals surface area (Å²) in [5, 5.41) is 0. The summed E-state index contributed by atoms with van der Waals surface area (Å²) < 4.78 is 10.3. The molecule has 0 saturated carbocycles. The van der Waals surface area contributed by atoms with E-state index in [1.165, 1.54) is 12.0 Å². The van der Waals surface area contributed by atoms with Gasteiger partial charge in [0, 0.05) is 6.54 Å². The van der Waals surface area contributed by atoms with Crippen LogP contribution in [0.2, 0.25) is 0 Å². The van der Waals surface area contributed by atoms with Gasteiger partial charge in [-0.25, -0.2) is 9.59 Å². The molecule has 1 heterocycles. The third-order valence-corrected chi connectivity index (χ3v) is 3.97. The molecule has 126 valence electrons. The van der Waals surface area contributed by atoms with Gasteiger partial charge in [-0.15, -0.1) is 6.58 Å². The molecule has 5 nitrogen and oxygen atoms in total. The summed E-state index contributed by atoms with van der Waals surface area (Å²) in [6.45, 7) is 11.9. The third-order valence-electron chi connectivity index (χ3n) is 3.97. The second-order valence-electron chi connectivity index (χ2n) is 7.09. The summed E-state index contributed by atoms with van der Waals surface area (Å²) in [5.74, 6) is -0.382. The number of hydrogen-bond donors (Lipinski definition) is 0. The van der Waals surface area contributed by atoms with Gasteiger partial charge in [0.2, 0.25) is 0 Å². The number of carbonyl (C=O) groups excluding carboxylic acids is 2. The molecule has 1 amide bonds. The van der Waals surface area contributed by atoms with E-state index in [0.717, 1.165) is 19.3 Å². The highest BCUT2D eigenvalue weighted by molar-refractivity contribution is 5.82. The Bertz CT molecular complexity index is 427. The van der Waals surface area contributed by atoms with Gasteiger partial charge in [-0.3, -0.25) is 4.90 Å². The number of hydrogen-bond acceptors (Lipinski definition) is 4. The van der Waals surface area contributed by atoms with Gasteiger partial charge in [0.15, 0.2) is 0 Å². The van der Waals surface area contributed by atoms with Crippen LogP contribution >= 0.6 is 0 Å². The Morgan fingerprint density at radius 2 is 2.05 bits per heavy atom. The normalized spacial score (nSPS) is 25.0. The minimum atomic E-state index is -0.591. The molecular formula is C17H29NO4. The number of rotatable bonds is 5. The van der Waals surface area contributed by atoms with Crippen LogP contribution < -0.4 is 0 Å². The number of amides is 1. The Labute approximate surface area is 133 Å². The average Bonchev–Trinajstić information content (AvgIpc) is 2.77. The van der Waals surface area contributed by atoms with E-state index in [1.54, 1.807) is 0 Å². The van der Waals surface area contributed by atoms with Gasteiger partial charge in [-0.2, -0.15) is 0 Å². The molecule has 2 unspecified atom stereocenters. The summed E-state index contributed by atoms with van der Waals surface area (Å²) in [6, 6.07) is -0.577. The van der Waals surface area contributed by atoms with Crippen LogP contribution in [0, 0.1) is 5.41 Å². The van der Waals surface area contributed by atoms with Crippen molar-refractivity contribution < 1.29 is 19.1 Å². The van der Waals surface area contributed by atoms with Gasteiger partial charge in [0.05, 0.1) is 7.11 Å². The molecule has 0 radical (unpaired) electrons. The molecule has 0 spiro atoms. The van der Waals surface area contributed by atoms with E-state index in [4.69, 9.17) is 9.47 Å². The fourth-order valence-corrected chi connectivity index (χ4v) is 3.18. The van der Waals surface area contributed by atoms with Gasteiger partial charge in [0.1, 0.15) is 11.6 Å². The Morgan fingerprint density at radius 1 is 1.41 bits per heavy atom. The first-order valence-electron chi connectivity index (χ1n) is 7.86. The number of methoxy groups -OCH3 is 1. The molecule has 0 N–H and O–H groups in total. The van der Waals surface area contributed by atoms with E-state index >= 15 is 0 Å². The molecular weight excluding hydrogens is 282 g/mol. The fraction of sp³-hybridized carbons (Fsp3) is 0.765. The number of likely N-dealkylation sites (tertiary alicyclic amines) is 1. The largest absolute Gasteiger partial charge is 0.467 e. The minimum Gasteiger partial charge on any atom is -0.467 e. The lowest BCUT2D eigenvalue weighted by molar-refractivity contribution is -0.145. The lowest BCUT2D eigenvalue weighted by Gasteiger charge is -2.29. The highest BCUT2D eigenvalue weighted by atomic mass is 16.6. The molecule has 1 rings (SSSR count). The molecule has 0 aliphatic carbocycles. The van der Waals surface area contributed by atoms with Crippen LogP contribution in [-0.2, 0) is 14.3 Å². The average molecular weight is 311 g/mol. The molecule has 5 heteroatoms. The Balaban J connectivity index is 3.03. The van der Waals surface area contributed by atoms with Crippen molar-refractivity contribution in [3.05, 3.63) is 12.7 Å². The summed E-state index contributed by atoms with van der Waals surface area (Å²) in [4.78, 5) is 26.1. The van der Waals surface area contributed by atoms with Crippen LogP contribution in [0.3, 0.4) is 0 Å². The molecule has 0 bridgehead atoms. The molecule has 22 heavy (non-hydrogen) atoms. The summed E-state index contributed by atoms with van der Waals surface area (Å²) in [7, 11) is 1.35. The van der Waals surface area contributed by atoms with Gasteiger partial charge in [-0.1, -0.05) is 19.4 Å². The second-order valence-corrected chi connectivity index (χ2v) is 7.09. The van der Waals surface area contributed by atoms with E-state index in [0.29, 0.717) is 13.0 Å². The number of nitrogens with zero attached hydrogens (tertiary/aromatic N) is 1. The van der Waals surface area contributed by atoms with Crippen LogP contribution in [0.1, 0.15) is 53.4 Å². The van der Waals surface area contributed by atoms with Crippen molar-refractivity contribution in [3.8, 4) is 0 Å². The number of ether oxygens (including phenoxy) is 2. The second kappa shape index (κ2) is 7.16. The predicted octanol–water partition coefficient (Wildman–Crippen LogP) is 3.53. The standard InChI is InChI=1S/C17H29NO4/c1-7-9-17(10-8-2)11-13(14(19)21-6)18(12-17)15(20)22-16(3,4)5/h7,13H,1,8-12H2,2-6H3. The number of carbonyl (C=O) groups is 2. The Kier molecular flexibility index (Phi) is 6.03. The molecule has 2 atom stereocenters. The SMILES string of the molecule is C=CCC1(CCC)CC(C(=O)OC)N(C(=O)OC(C)(C)C)C1. The van der Waals surface area contributed by atoms with Crippen LogP contribution in [0.15, 0.2) is 12.7 Å². The topological polar surface area (TPSA) is 55.8 Å². The van der Waals surface area contributed by atoms with E-state index in [1.807, 2.05) is 26.8 Å². The van der Waals surface area contributed by atoms with E-state index < -0.39 is 17.7 Å². The van der Waals surface area contributed by atoms with Crippen LogP contribution in [0.4, 0.5) is 4.79 Å². The van der Waals surface area contributed by atoms with Crippen molar-refractivity contribution in [3.63, 3.8) is 0 Å². The lowest BCUT2D eigenvalue weighted by atomic mass is 9.78. The highest BCUT2D eigenvalue weighted by Gasteiger charge is 2.49. The monoisotopic (exact) mass is 311 g/mol. The van der Waals surface area contributed by atoms with Crippen molar-refractivity contribution in [2.75, 3.05) is 13.7 Å². The van der Waals surface area contributed by atoms with Crippen LogP contribution in [-0.4, -0.2) is 42.3 Å². The quantitative estimate of drug-likeness (QED) is 0.576. The van der Waals surface area contributed by atoms with Crippen molar-refractivity contribution in [2.45, 2.75) is 65.0 Å². The first-order chi connectivity index (χ1) is 10.2. The minimum absolute atomic E-state index is 0.119. The van der Waals surface area contributed by atoms with Crippen molar-refractivity contribution in [2.24, 2.45) is 5.41 Å². The van der Waals surface area contributed by atoms with Crippen LogP contribution in [0.5, 0.6) is 0 Å². The first kappa shape index (κ1) is 18.5. The summed E-state index contributed by atoms with van der Waals surface area (Å²) in [6.07, 6.45) is 4.70. The predicted molar refractivity (Wildman–Crippen MR) is 85.5 cm³/mol. The number of allylic oxidation sites excluding steroid dienone is 1. The third kappa shape index (κ3) is 4.49. The summed E-state index contributed by atoms with van der Waals surface area (Å²) in [5.41, 5.74) is -0.710. The van der Waals surface area contributed by atoms with Crippen molar-refractivity contribution in [1.29, 1.82) is 0 Å². The molecule has 1 aliphatic heterocycles.